The molecule has 4 aromatic carbocycles. The van der Waals surface area contributed by atoms with Gasteiger partial charge in [0, 0.05) is 16.8 Å². The second-order valence-corrected chi connectivity index (χ2v) is 8.65. The van der Waals surface area contributed by atoms with Crippen molar-refractivity contribution in [2.45, 2.75) is 26.8 Å². The Morgan fingerprint density at radius 1 is 0.737 bits per heavy atom. The van der Waals surface area contributed by atoms with Gasteiger partial charge in [-0.1, -0.05) is 67.6 Å². The quantitative estimate of drug-likeness (QED) is 0.164. The van der Waals surface area contributed by atoms with E-state index in [0.29, 0.717) is 30.7 Å². The zero-order chi connectivity index (χ0) is 26.7. The molecule has 0 fully saturated rings. The van der Waals surface area contributed by atoms with Crippen LogP contribution in [0.15, 0.2) is 115 Å². The third-order valence-electron chi connectivity index (χ3n) is 5.97. The highest BCUT2D eigenvalue weighted by atomic mass is 16.5. The van der Waals surface area contributed by atoms with Gasteiger partial charge in [0.15, 0.2) is 0 Å². The van der Waals surface area contributed by atoms with Gasteiger partial charge < -0.3 is 14.4 Å². The van der Waals surface area contributed by atoms with E-state index in [4.69, 9.17) is 9.47 Å². The van der Waals surface area contributed by atoms with Crippen LogP contribution in [-0.2, 0) is 16.1 Å². The maximum Gasteiger partial charge on any atom is 0.333 e. The Hall–Kier alpha value is -4.64. The highest BCUT2D eigenvalue weighted by Crippen LogP contribution is 2.25. The minimum Gasteiger partial charge on any atom is -0.463 e. The summed E-state index contributed by atoms with van der Waals surface area (Å²) in [6.07, 6.45) is 2.40. The van der Waals surface area contributed by atoms with Crippen molar-refractivity contribution in [1.29, 1.82) is 0 Å². The standard InChI is InChI=1S/C33H31NO4/c1-3-27(33(36)37-4-2)23-25-15-19-29(20-16-25)34(32(35)28-11-7-5-8-12-28)24-26-17-21-31(22-18-26)38-30-13-9-6-10-14-30/h5-23H,3-4,24H2,1-2H3/b27-23+. The lowest BCUT2D eigenvalue weighted by Crippen LogP contribution is -2.30. The van der Waals surface area contributed by atoms with Crippen molar-refractivity contribution in [2.24, 2.45) is 0 Å². The van der Waals surface area contributed by atoms with Crippen LogP contribution in [0.5, 0.6) is 11.5 Å². The summed E-state index contributed by atoms with van der Waals surface area (Å²) in [6, 6.07) is 34.2. The number of carbonyl (C=O) groups is 2. The molecule has 0 unspecified atom stereocenters. The van der Waals surface area contributed by atoms with Gasteiger partial charge in [0.25, 0.3) is 5.91 Å². The molecule has 0 aliphatic heterocycles. The fourth-order valence-electron chi connectivity index (χ4n) is 3.97. The molecule has 0 saturated heterocycles. The van der Waals surface area contributed by atoms with Crippen molar-refractivity contribution in [3.63, 3.8) is 0 Å². The SMILES string of the molecule is CCOC(=O)/C(=C/c1ccc(N(Cc2ccc(Oc3ccccc3)cc2)C(=O)c2ccccc2)cc1)CC. The number of ether oxygens (including phenoxy) is 2. The Bertz CT molecular complexity index is 1360. The van der Waals surface area contributed by atoms with Crippen LogP contribution in [0, 0.1) is 0 Å². The summed E-state index contributed by atoms with van der Waals surface area (Å²) in [5, 5.41) is 0. The van der Waals surface area contributed by atoms with Gasteiger partial charge in [0.1, 0.15) is 11.5 Å². The summed E-state index contributed by atoms with van der Waals surface area (Å²) in [5.74, 6) is 1.09. The van der Waals surface area contributed by atoms with E-state index in [1.165, 1.54) is 0 Å². The number of para-hydroxylation sites is 1. The number of nitrogens with zero attached hydrogens (tertiary/aromatic N) is 1. The van der Waals surface area contributed by atoms with Crippen LogP contribution in [0.3, 0.4) is 0 Å². The first kappa shape index (κ1) is 26.4. The predicted octanol–water partition coefficient (Wildman–Crippen LogP) is 7.68. The van der Waals surface area contributed by atoms with E-state index >= 15 is 0 Å². The van der Waals surface area contributed by atoms with Crippen LogP contribution in [0.4, 0.5) is 5.69 Å². The van der Waals surface area contributed by atoms with Crippen molar-refractivity contribution >= 4 is 23.6 Å². The van der Waals surface area contributed by atoms with Gasteiger partial charge in [0.2, 0.25) is 0 Å². The van der Waals surface area contributed by atoms with Crippen molar-refractivity contribution in [3.05, 3.63) is 131 Å². The molecule has 4 aromatic rings. The van der Waals surface area contributed by atoms with E-state index < -0.39 is 0 Å². The van der Waals surface area contributed by atoms with Gasteiger partial charge in [0.05, 0.1) is 13.2 Å². The molecule has 0 aromatic heterocycles. The highest BCUT2D eigenvalue weighted by molar-refractivity contribution is 6.06. The molecular weight excluding hydrogens is 474 g/mol. The van der Waals surface area contributed by atoms with Gasteiger partial charge in [-0.05, 0) is 79.1 Å². The van der Waals surface area contributed by atoms with Crippen LogP contribution in [-0.4, -0.2) is 18.5 Å². The van der Waals surface area contributed by atoms with E-state index in [-0.39, 0.29) is 11.9 Å². The topological polar surface area (TPSA) is 55.8 Å². The summed E-state index contributed by atoms with van der Waals surface area (Å²) in [7, 11) is 0. The third-order valence-corrected chi connectivity index (χ3v) is 5.97. The number of rotatable bonds is 10. The normalized spacial score (nSPS) is 11.1. The number of hydrogen-bond donors (Lipinski definition) is 0. The van der Waals surface area contributed by atoms with Crippen LogP contribution in [0.2, 0.25) is 0 Å². The zero-order valence-electron chi connectivity index (χ0n) is 21.7. The second kappa shape index (κ2) is 13.1. The summed E-state index contributed by atoms with van der Waals surface area (Å²) < 4.78 is 11.1. The van der Waals surface area contributed by atoms with Crippen LogP contribution < -0.4 is 9.64 Å². The molecule has 0 atom stereocenters. The smallest absolute Gasteiger partial charge is 0.333 e. The molecule has 0 N–H and O–H groups in total. The Balaban J connectivity index is 1.57. The first-order valence-electron chi connectivity index (χ1n) is 12.7. The van der Waals surface area contributed by atoms with E-state index in [2.05, 4.69) is 0 Å². The molecule has 38 heavy (non-hydrogen) atoms. The lowest BCUT2D eigenvalue weighted by atomic mass is 10.1. The molecule has 0 aliphatic rings. The largest absolute Gasteiger partial charge is 0.463 e. The van der Waals surface area contributed by atoms with Crippen LogP contribution >= 0.6 is 0 Å². The van der Waals surface area contributed by atoms with Gasteiger partial charge >= 0.3 is 5.97 Å². The minimum atomic E-state index is -0.306. The second-order valence-electron chi connectivity index (χ2n) is 8.65. The van der Waals surface area contributed by atoms with Crippen LogP contribution in [0.25, 0.3) is 6.08 Å². The first-order chi connectivity index (χ1) is 18.6. The van der Waals surface area contributed by atoms with Crippen LogP contribution in [0.1, 0.15) is 41.8 Å². The van der Waals surface area contributed by atoms with Gasteiger partial charge in [-0.2, -0.15) is 0 Å². The third kappa shape index (κ3) is 6.98. The molecule has 5 heteroatoms. The lowest BCUT2D eigenvalue weighted by molar-refractivity contribution is -0.138. The van der Waals surface area contributed by atoms with Crippen molar-refractivity contribution in [2.75, 3.05) is 11.5 Å². The molecule has 0 aliphatic carbocycles. The van der Waals surface area contributed by atoms with Crippen molar-refractivity contribution in [1.82, 2.24) is 0 Å². The van der Waals surface area contributed by atoms with E-state index in [1.54, 1.807) is 11.8 Å². The summed E-state index contributed by atoms with van der Waals surface area (Å²) in [6.45, 7) is 4.44. The summed E-state index contributed by atoms with van der Waals surface area (Å²) in [4.78, 5) is 27.5. The van der Waals surface area contributed by atoms with Crippen molar-refractivity contribution < 1.29 is 19.1 Å². The number of esters is 1. The molecule has 1 amide bonds. The minimum absolute atomic E-state index is 0.0979. The zero-order valence-corrected chi connectivity index (χ0v) is 21.7. The Morgan fingerprint density at radius 3 is 1.95 bits per heavy atom. The number of carbonyl (C=O) groups excluding carboxylic acids is 2. The summed E-state index contributed by atoms with van der Waals surface area (Å²) in [5.41, 5.74) is 3.81. The Labute approximate surface area is 224 Å². The van der Waals surface area contributed by atoms with E-state index in [0.717, 1.165) is 28.3 Å². The maximum atomic E-state index is 13.6. The predicted molar refractivity (Wildman–Crippen MR) is 151 cm³/mol. The molecule has 192 valence electrons. The number of anilines is 1. The van der Waals surface area contributed by atoms with E-state index in [9.17, 15) is 9.59 Å². The number of benzene rings is 4. The molecule has 0 heterocycles. The van der Waals surface area contributed by atoms with Crippen molar-refractivity contribution in [3.8, 4) is 11.5 Å². The average Bonchev–Trinajstić information content (AvgIpc) is 2.96. The van der Waals surface area contributed by atoms with Gasteiger partial charge in [-0.15, -0.1) is 0 Å². The maximum absolute atomic E-state index is 13.6. The molecule has 0 radical (unpaired) electrons. The molecule has 0 spiro atoms. The highest BCUT2D eigenvalue weighted by Gasteiger charge is 2.18. The van der Waals surface area contributed by atoms with E-state index in [1.807, 2.05) is 122 Å². The molecule has 5 nitrogen and oxygen atoms in total. The molecule has 0 saturated carbocycles. The average molecular weight is 506 g/mol. The first-order valence-corrected chi connectivity index (χ1v) is 12.7. The fourth-order valence-corrected chi connectivity index (χ4v) is 3.97. The number of amides is 1. The van der Waals surface area contributed by atoms with Gasteiger partial charge in [-0.25, -0.2) is 4.79 Å². The summed E-state index contributed by atoms with van der Waals surface area (Å²) >= 11 is 0. The fraction of sp³-hybridized carbons (Fsp3) is 0.152. The lowest BCUT2D eigenvalue weighted by Gasteiger charge is -2.23. The molecule has 0 bridgehead atoms. The Morgan fingerprint density at radius 2 is 1.34 bits per heavy atom. The monoisotopic (exact) mass is 505 g/mol. The molecular formula is C33H31NO4. The van der Waals surface area contributed by atoms with Gasteiger partial charge in [-0.3, -0.25) is 4.79 Å². The molecule has 4 rings (SSSR count). The Kier molecular flexibility index (Phi) is 9.08. The number of hydrogen-bond acceptors (Lipinski definition) is 4.